The number of carbonyl (C=O) groups excluding carboxylic acids is 1. The van der Waals surface area contributed by atoms with Gasteiger partial charge in [0.05, 0.1) is 44.7 Å². The number of nitrogens with zero attached hydrogens (tertiary/aromatic N) is 2. The highest BCUT2D eigenvalue weighted by Crippen LogP contribution is 2.62. The Morgan fingerprint density at radius 3 is 2.42 bits per heavy atom. The summed E-state index contributed by atoms with van der Waals surface area (Å²) in [4.78, 5) is 24.1. The number of oxime groups is 1. The van der Waals surface area contributed by atoms with Gasteiger partial charge in [-0.1, -0.05) is 90.8 Å². The first kappa shape index (κ1) is 52.1. The first-order valence-electron chi connectivity index (χ1n) is 25.4. The SMILES string of the molecule is C=CCO[C@@]12Oc3ccc(OCCSc4ccccc4)cc3[C@H]3[C@H](CCCCO)[C@@H](CCCCO)C=C(C(=NOC4CCCCO4)C[C@@H]1N(Cc1ccc(F)cc1)C(=O)OCCOCc1ccccc1)[C@H]32. The van der Waals surface area contributed by atoms with E-state index < -0.39 is 35.9 Å². The van der Waals surface area contributed by atoms with Gasteiger partial charge < -0.3 is 43.5 Å². The van der Waals surface area contributed by atoms with E-state index in [1.807, 2.05) is 60.7 Å². The number of thioether (sulfide) groups is 1. The van der Waals surface area contributed by atoms with E-state index in [0.717, 1.165) is 61.0 Å². The number of amides is 1. The van der Waals surface area contributed by atoms with Crippen LogP contribution in [0.15, 0.2) is 137 Å². The van der Waals surface area contributed by atoms with E-state index in [9.17, 15) is 14.6 Å². The van der Waals surface area contributed by atoms with Gasteiger partial charge in [-0.2, -0.15) is 0 Å². The molecule has 4 aliphatic rings. The summed E-state index contributed by atoms with van der Waals surface area (Å²) in [6, 6.07) is 31.2. The number of halogens is 1. The highest BCUT2D eigenvalue weighted by atomic mass is 32.2. The average Bonchev–Trinajstić information content (AvgIpc) is 3.40. The Morgan fingerprint density at radius 2 is 1.68 bits per heavy atom. The van der Waals surface area contributed by atoms with Gasteiger partial charge in [0.1, 0.15) is 30.0 Å². The number of fused-ring (bicyclic) bond motifs is 2. The van der Waals surface area contributed by atoms with E-state index in [1.165, 1.54) is 17.0 Å². The van der Waals surface area contributed by atoms with Gasteiger partial charge in [0, 0.05) is 54.7 Å². The highest BCUT2D eigenvalue weighted by Gasteiger charge is 2.66. The van der Waals surface area contributed by atoms with Gasteiger partial charge in [0.15, 0.2) is 0 Å². The Balaban J connectivity index is 1.23. The van der Waals surface area contributed by atoms with Crippen molar-refractivity contribution in [1.29, 1.82) is 0 Å². The molecule has 380 valence electrons. The van der Waals surface area contributed by atoms with Crippen molar-refractivity contribution in [2.75, 3.05) is 52.0 Å². The number of hydrogen-bond donors (Lipinski definition) is 2. The maximum absolute atomic E-state index is 15.0. The lowest BCUT2D eigenvalue weighted by atomic mass is 9.55. The molecule has 0 aromatic heterocycles. The van der Waals surface area contributed by atoms with Crippen molar-refractivity contribution in [1.82, 2.24) is 4.90 Å². The standard InChI is InChI=1S/C57H69FN2O10S/c1-2-30-68-57-52(60(39-41-22-24-44(58)25-23-41)56(63)67-33-32-64-40-42-15-5-3-6-16-42)38-50(59-70-53-21-11-14-31-66-53)48-36-43(17-9-12-28-61)47(20-10-13-29-62)54(55(48)57)49-37-45(26-27-51(49)69-57)65-34-35-71-46-18-7-4-8-19-46/h2-8,15-16,18-19,22-27,36-37,43,47,52-55,61-62H,1,9-14,17,20-21,28-35,38-40H2/t43-,47+,52-,53?,54+,55+,57+/m0/s1. The van der Waals surface area contributed by atoms with Crippen molar-refractivity contribution < 1.29 is 52.7 Å². The third-order valence-corrected chi connectivity index (χ3v) is 14.8. The van der Waals surface area contributed by atoms with Gasteiger partial charge in [-0.25, -0.2) is 9.18 Å². The van der Waals surface area contributed by atoms with Gasteiger partial charge in [-0.15, -0.1) is 18.3 Å². The third-order valence-electron chi connectivity index (χ3n) is 13.9. The van der Waals surface area contributed by atoms with Crippen LogP contribution in [0.3, 0.4) is 0 Å². The molecule has 2 aliphatic carbocycles. The molecule has 0 spiro atoms. The molecule has 1 saturated carbocycles. The molecule has 0 radical (unpaired) electrons. The molecule has 2 heterocycles. The largest absolute Gasteiger partial charge is 0.493 e. The highest BCUT2D eigenvalue weighted by molar-refractivity contribution is 7.99. The van der Waals surface area contributed by atoms with Gasteiger partial charge in [-0.05, 0) is 110 Å². The van der Waals surface area contributed by atoms with Crippen molar-refractivity contribution >= 4 is 23.6 Å². The quantitative estimate of drug-likeness (QED) is 0.0269. The molecule has 71 heavy (non-hydrogen) atoms. The van der Waals surface area contributed by atoms with Crippen LogP contribution in [0, 0.1) is 23.6 Å². The fourth-order valence-corrected chi connectivity index (χ4v) is 11.4. The van der Waals surface area contributed by atoms with Crippen LogP contribution >= 0.6 is 11.8 Å². The molecule has 1 unspecified atom stereocenters. The summed E-state index contributed by atoms with van der Waals surface area (Å²) in [6.07, 6.45) is 10.00. The van der Waals surface area contributed by atoms with E-state index in [0.29, 0.717) is 61.9 Å². The van der Waals surface area contributed by atoms with Gasteiger partial charge in [-0.3, -0.25) is 4.90 Å². The number of rotatable bonds is 26. The zero-order valence-electron chi connectivity index (χ0n) is 40.6. The molecule has 2 N–H and O–H groups in total. The summed E-state index contributed by atoms with van der Waals surface area (Å²) in [5, 5.41) is 25.1. The maximum Gasteiger partial charge on any atom is 0.410 e. The molecule has 14 heteroatoms. The third kappa shape index (κ3) is 13.4. The molecular formula is C57H69FN2O10S. The molecule has 2 fully saturated rings. The van der Waals surface area contributed by atoms with E-state index in [1.54, 1.807) is 34.9 Å². The Bertz CT molecular complexity index is 2350. The molecule has 12 nitrogen and oxygen atoms in total. The Hall–Kier alpha value is -5.22. The lowest BCUT2D eigenvalue weighted by Gasteiger charge is -2.60. The number of ether oxygens (including phenoxy) is 6. The minimum absolute atomic E-state index is 0.00842. The number of hydrogen-bond acceptors (Lipinski definition) is 12. The van der Waals surface area contributed by atoms with Gasteiger partial charge in [0.25, 0.3) is 0 Å². The molecule has 4 aromatic rings. The maximum atomic E-state index is 15.0. The molecule has 1 saturated heterocycles. The van der Waals surface area contributed by atoms with Crippen LogP contribution in [0.25, 0.3) is 0 Å². The van der Waals surface area contributed by atoms with Crippen LogP contribution < -0.4 is 9.47 Å². The monoisotopic (exact) mass is 992 g/mol. The average molecular weight is 993 g/mol. The second-order valence-electron chi connectivity index (χ2n) is 18.6. The number of aliphatic hydroxyl groups excluding tert-OH is 2. The number of unbranched alkanes of at least 4 members (excludes halogenated alkanes) is 2. The molecule has 4 aromatic carbocycles. The number of benzene rings is 4. The predicted octanol–water partition coefficient (Wildman–Crippen LogP) is 11.0. The first-order chi connectivity index (χ1) is 34.9. The van der Waals surface area contributed by atoms with E-state index in [4.69, 9.17) is 38.4 Å². The van der Waals surface area contributed by atoms with Crippen LogP contribution in [0.5, 0.6) is 11.5 Å². The summed E-state index contributed by atoms with van der Waals surface area (Å²) in [6.45, 7) is 5.86. The zero-order valence-corrected chi connectivity index (χ0v) is 41.4. The molecule has 0 bridgehead atoms. The van der Waals surface area contributed by atoms with Gasteiger partial charge >= 0.3 is 6.09 Å². The Labute approximate surface area is 422 Å². The van der Waals surface area contributed by atoms with Crippen molar-refractivity contribution in [3.63, 3.8) is 0 Å². The summed E-state index contributed by atoms with van der Waals surface area (Å²) in [5.74, 6) is -0.661. The van der Waals surface area contributed by atoms with Gasteiger partial charge in [0.2, 0.25) is 12.1 Å². The second-order valence-corrected chi connectivity index (χ2v) is 19.8. The number of aliphatic hydroxyl groups is 2. The first-order valence-corrected chi connectivity index (χ1v) is 26.3. The Morgan fingerprint density at radius 1 is 0.901 bits per heavy atom. The summed E-state index contributed by atoms with van der Waals surface area (Å²) in [7, 11) is 0. The number of allylic oxidation sites excluding steroid dienone is 1. The summed E-state index contributed by atoms with van der Waals surface area (Å²) in [5.41, 5.74) is 4.16. The van der Waals surface area contributed by atoms with Crippen LogP contribution in [0.2, 0.25) is 0 Å². The van der Waals surface area contributed by atoms with Crippen LogP contribution in [-0.4, -0.2) is 97.0 Å². The van der Waals surface area contributed by atoms with Crippen LogP contribution in [-0.2, 0) is 36.9 Å². The zero-order chi connectivity index (χ0) is 49.3. The lowest BCUT2D eigenvalue weighted by Crippen LogP contribution is -2.70. The van der Waals surface area contributed by atoms with Crippen LogP contribution in [0.1, 0.15) is 86.8 Å². The van der Waals surface area contributed by atoms with Crippen molar-refractivity contribution in [3.05, 3.63) is 150 Å². The van der Waals surface area contributed by atoms with Crippen LogP contribution in [0.4, 0.5) is 9.18 Å². The van der Waals surface area contributed by atoms with Crippen molar-refractivity contribution in [2.45, 2.75) is 106 Å². The lowest BCUT2D eigenvalue weighted by molar-refractivity contribution is -0.256. The van der Waals surface area contributed by atoms with E-state index >= 15 is 4.79 Å². The topological polar surface area (TPSA) is 138 Å². The van der Waals surface area contributed by atoms with E-state index in [2.05, 4.69) is 30.9 Å². The minimum Gasteiger partial charge on any atom is -0.493 e. The second kappa shape index (κ2) is 26.5. The fourth-order valence-electron chi connectivity index (χ4n) is 10.6. The van der Waals surface area contributed by atoms with Crippen molar-refractivity contribution in [2.24, 2.45) is 22.9 Å². The predicted molar refractivity (Wildman–Crippen MR) is 272 cm³/mol. The smallest absolute Gasteiger partial charge is 0.410 e. The summed E-state index contributed by atoms with van der Waals surface area (Å²) >= 11 is 1.73. The fraction of sp³-hybridized carbons (Fsp3) is 0.474. The molecular weight excluding hydrogens is 924 g/mol. The van der Waals surface area contributed by atoms with Crippen molar-refractivity contribution in [3.8, 4) is 11.5 Å². The minimum atomic E-state index is -1.54. The molecule has 1 amide bonds. The molecule has 7 atom stereocenters. The number of carbonyl (C=O) groups is 1. The van der Waals surface area contributed by atoms with E-state index in [-0.39, 0.29) is 63.8 Å². The normalized spacial score (nSPS) is 23.9. The Kier molecular flexibility index (Phi) is 19.4. The molecule has 8 rings (SSSR count). The molecule has 2 aliphatic heterocycles. The summed E-state index contributed by atoms with van der Waals surface area (Å²) < 4.78 is 53.7.